The Kier molecular flexibility index (Phi) is 4.67. The quantitative estimate of drug-likeness (QED) is 0.807. The zero-order valence-corrected chi connectivity index (χ0v) is 12.6. The summed E-state index contributed by atoms with van der Waals surface area (Å²) in [5.41, 5.74) is 6.86. The molecule has 6 heteroatoms. The number of nitrogens with zero attached hydrogens (tertiary/aromatic N) is 1. The summed E-state index contributed by atoms with van der Waals surface area (Å²) in [6.07, 6.45) is 3.80. The smallest absolute Gasteiger partial charge is 0.243 e. The molecule has 1 aromatic rings. The van der Waals surface area contributed by atoms with Crippen molar-refractivity contribution in [2.75, 3.05) is 18.9 Å². The van der Waals surface area contributed by atoms with Gasteiger partial charge in [-0.3, -0.25) is 0 Å². The molecule has 0 saturated heterocycles. The minimum Gasteiger partial charge on any atom is -0.398 e. The Bertz CT molecular complexity index is 566. The fourth-order valence-corrected chi connectivity index (χ4v) is 4.76. The first-order valence-electron chi connectivity index (χ1n) is 6.96. The molecule has 2 rings (SSSR count). The van der Waals surface area contributed by atoms with Crippen LogP contribution < -0.4 is 5.73 Å². The van der Waals surface area contributed by atoms with E-state index in [9.17, 15) is 13.5 Å². The number of hydrogen-bond donors (Lipinski definition) is 2. The molecule has 0 aliphatic heterocycles. The van der Waals surface area contributed by atoms with Crippen LogP contribution in [0.1, 0.15) is 31.2 Å². The van der Waals surface area contributed by atoms with E-state index in [0.717, 1.165) is 25.7 Å². The second-order valence-corrected chi connectivity index (χ2v) is 7.11. The summed E-state index contributed by atoms with van der Waals surface area (Å²) in [5, 5.41) is 9.20. The van der Waals surface area contributed by atoms with Crippen molar-refractivity contribution in [3.05, 3.63) is 23.8 Å². The maximum Gasteiger partial charge on any atom is 0.243 e. The summed E-state index contributed by atoms with van der Waals surface area (Å²) in [6.45, 7) is 1.69. The van der Waals surface area contributed by atoms with Gasteiger partial charge in [0.15, 0.2) is 0 Å². The van der Waals surface area contributed by atoms with E-state index in [1.54, 1.807) is 25.1 Å². The molecule has 0 spiro atoms. The summed E-state index contributed by atoms with van der Waals surface area (Å²) in [7, 11) is -3.61. The van der Waals surface area contributed by atoms with Gasteiger partial charge in [-0.25, -0.2) is 8.42 Å². The second kappa shape index (κ2) is 6.11. The van der Waals surface area contributed by atoms with Crippen LogP contribution in [0.2, 0.25) is 0 Å². The largest absolute Gasteiger partial charge is 0.398 e. The van der Waals surface area contributed by atoms with Gasteiger partial charge in [0.05, 0.1) is 11.5 Å². The number of sulfonamides is 1. The summed E-state index contributed by atoms with van der Waals surface area (Å²) in [6, 6.07) is 4.93. The van der Waals surface area contributed by atoms with Gasteiger partial charge < -0.3 is 10.8 Å². The Labute approximate surface area is 120 Å². The highest BCUT2D eigenvalue weighted by Gasteiger charge is 2.33. The predicted octanol–water partition coefficient (Wildman–Crippen LogP) is 1.50. The number of aliphatic hydroxyl groups excluding tert-OH is 1. The lowest BCUT2D eigenvalue weighted by atomic mass is 10.2. The van der Waals surface area contributed by atoms with Gasteiger partial charge >= 0.3 is 0 Å². The molecule has 1 aliphatic rings. The number of anilines is 1. The lowest BCUT2D eigenvalue weighted by Gasteiger charge is -2.28. The van der Waals surface area contributed by atoms with Crippen LogP contribution in [0.25, 0.3) is 0 Å². The number of nitrogens with two attached hydrogens (primary N) is 1. The Hall–Kier alpha value is -1.11. The van der Waals surface area contributed by atoms with Crippen molar-refractivity contribution in [3.63, 3.8) is 0 Å². The third kappa shape index (κ3) is 2.82. The van der Waals surface area contributed by atoms with Crippen molar-refractivity contribution in [2.24, 2.45) is 0 Å². The van der Waals surface area contributed by atoms with E-state index in [1.807, 2.05) is 0 Å². The van der Waals surface area contributed by atoms with Crippen LogP contribution in [0.5, 0.6) is 0 Å². The standard InChI is InChI=1S/C14H22N2O3S/c1-11-13(15)7-4-8-14(11)20(18,19)16(9-10-17)12-5-2-3-6-12/h4,7-8,12,17H,2-3,5-6,9-10,15H2,1H3. The molecule has 1 aromatic carbocycles. The van der Waals surface area contributed by atoms with Gasteiger partial charge in [-0.05, 0) is 37.5 Å². The fraction of sp³-hybridized carbons (Fsp3) is 0.571. The average Bonchev–Trinajstić information content (AvgIpc) is 2.92. The first-order valence-corrected chi connectivity index (χ1v) is 8.40. The molecule has 1 aliphatic carbocycles. The molecule has 0 bridgehead atoms. The molecule has 0 aromatic heterocycles. The van der Waals surface area contributed by atoms with Crippen molar-refractivity contribution in [3.8, 4) is 0 Å². The van der Waals surface area contributed by atoms with Gasteiger partial charge in [-0.15, -0.1) is 0 Å². The minimum atomic E-state index is -3.61. The highest BCUT2D eigenvalue weighted by Crippen LogP contribution is 2.30. The molecule has 1 saturated carbocycles. The molecule has 0 heterocycles. The van der Waals surface area contributed by atoms with E-state index in [-0.39, 0.29) is 24.1 Å². The van der Waals surface area contributed by atoms with Gasteiger partial charge in [-0.2, -0.15) is 4.31 Å². The molecule has 0 amide bonds. The first kappa shape index (κ1) is 15.3. The third-order valence-corrected chi connectivity index (χ3v) is 6.06. The monoisotopic (exact) mass is 298 g/mol. The highest BCUT2D eigenvalue weighted by atomic mass is 32.2. The topological polar surface area (TPSA) is 83.6 Å². The molecule has 112 valence electrons. The number of hydrogen-bond acceptors (Lipinski definition) is 4. The van der Waals surface area contributed by atoms with Crippen molar-refractivity contribution in [1.29, 1.82) is 0 Å². The van der Waals surface area contributed by atoms with Gasteiger partial charge in [0.25, 0.3) is 0 Å². The SMILES string of the molecule is Cc1c(N)cccc1S(=O)(=O)N(CCO)C1CCCC1. The molecule has 0 radical (unpaired) electrons. The Morgan fingerprint density at radius 3 is 2.60 bits per heavy atom. The molecule has 5 nitrogen and oxygen atoms in total. The first-order chi connectivity index (χ1) is 9.48. The number of nitrogen functional groups attached to an aromatic ring is 1. The summed E-state index contributed by atoms with van der Waals surface area (Å²) >= 11 is 0. The van der Waals surface area contributed by atoms with E-state index >= 15 is 0 Å². The number of benzene rings is 1. The summed E-state index contributed by atoms with van der Waals surface area (Å²) in [4.78, 5) is 0.248. The predicted molar refractivity (Wildman–Crippen MR) is 78.8 cm³/mol. The zero-order valence-electron chi connectivity index (χ0n) is 11.7. The molecular formula is C14H22N2O3S. The lowest BCUT2D eigenvalue weighted by Crippen LogP contribution is -2.41. The van der Waals surface area contributed by atoms with Crippen LogP contribution in [-0.2, 0) is 10.0 Å². The Morgan fingerprint density at radius 2 is 2.00 bits per heavy atom. The van der Waals surface area contributed by atoms with Gasteiger partial charge in [0.2, 0.25) is 10.0 Å². The van der Waals surface area contributed by atoms with Crippen LogP contribution in [0.15, 0.2) is 23.1 Å². The number of rotatable bonds is 5. The van der Waals surface area contributed by atoms with E-state index < -0.39 is 10.0 Å². The van der Waals surface area contributed by atoms with E-state index in [4.69, 9.17) is 5.73 Å². The zero-order chi connectivity index (χ0) is 14.8. The van der Waals surface area contributed by atoms with Crippen LogP contribution in [0, 0.1) is 6.92 Å². The van der Waals surface area contributed by atoms with Crippen LogP contribution >= 0.6 is 0 Å². The fourth-order valence-electron chi connectivity index (χ4n) is 2.83. The molecule has 20 heavy (non-hydrogen) atoms. The maximum atomic E-state index is 12.8. The Balaban J connectivity index is 2.42. The normalized spacial score (nSPS) is 16.9. The van der Waals surface area contributed by atoms with Crippen molar-refractivity contribution in [2.45, 2.75) is 43.5 Å². The molecule has 1 fully saturated rings. The maximum absolute atomic E-state index is 12.8. The molecular weight excluding hydrogens is 276 g/mol. The number of aliphatic hydroxyl groups is 1. The highest BCUT2D eigenvalue weighted by molar-refractivity contribution is 7.89. The van der Waals surface area contributed by atoms with Crippen molar-refractivity contribution in [1.82, 2.24) is 4.31 Å². The van der Waals surface area contributed by atoms with Crippen molar-refractivity contribution < 1.29 is 13.5 Å². The molecule has 3 N–H and O–H groups in total. The summed E-state index contributed by atoms with van der Waals surface area (Å²) < 4.78 is 27.1. The van der Waals surface area contributed by atoms with Gasteiger partial charge in [0, 0.05) is 18.3 Å². The minimum absolute atomic E-state index is 0.00650. The van der Waals surface area contributed by atoms with Crippen molar-refractivity contribution >= 4 is 15.7 Å². The second-order valence-electron chi connectivity index (χ2n) is 5.25. The van der Waals surface area contributed by atoms with E-state index in [1.165, 1.54) is 4.31 Å². The Morgan fingerprint density at radius 1 is 1.35 bits per heavy atom. The van der Waals surface area contributed by atoms with Crippen LogP contribution in [0.4, 0.5) is 5.69 Å². The van der Waals surface area contributed by atoms with E-state index in [0.29, 0.717) is 11.3 Å². The van der Waals surface area contributed by atoms with Crippen LogP contribution in [0.3, 0.4) is 0 Å². The third-order valence-electron chi connectivity index (χ3n) is 3.96. The van der Waals surface area contributed by atoms with Gasteiger partial charge in [-0.1, -0.05) is 18.9 Å². The molecule has 0 unspecified atom stereocenters. The molecule has 0 atom stereocenters. The van der Waals surface area contributed by atoms with Gasteiger partial charge in [0.1, 0.15) is 0 Å². The average molecular weight is 298 g/mol. The van der Waals surface area contributed by atoms with E-state index in [2.05, 4.69) is 0 Å². The lowest BCUT2D eigenvalue weighted by molar-refractivity contribution is 0.226. The van der Waals surface area contributed by atoms with Crippen LogP contribution in [-0.4, -0.2) is 37.0 Å². The summed E-state index contributed by atoms with van der Waals surface area (Å²) in [5.74, 6) is 0.